The Balaban J connectivity index is 5.90. The maximum absolute atomic E-state index is 13.9. The van der Waals surface area contributed by atoms with E-state index >= 15 is 0 Å². The molecule has 3 N–H and O–H groups in total. The van der Waals surface area contributed by atoms with E-state index in [1.807, 2.05) is 0 Å². The lowest BCUT2D eigenvalue weighted by Crippen LogP contribution is -2.36. The predicted molar refractivity (Wildman–Crippen MR) is 386 cm³/mol. The fraction of sp³-hybridized carbons (Fsp3) is 0.950. The third kappa shape index (κ3) is 58.4. The molecule has 0 spiro atoms. The van der Waals surface area contributed by atoms with Gasteiger partial charge in [0.2, 0.25) is 0 Å². The highest BCUT2D eigenvalue weighted by molar-refractivity contribution is 5.71. The van der Waals surface area contributed by atoms with Crippen LogP contribution in [0.1, 0.15) is 422 Å². The van der Waals surface area contributed by atoms with Crippen molar-refractivity contribution < 1.29 is 62.9 Å². The third-order valence-electron chi connectivity index (χ3n) is 18.6. The molecule has 0 fully saturated rings. The molecule has 552 valence electrons. The van der Waals surface area contributed by atoms with Gasteiger partial charge in [-0.3, -0.25) is 19.2 Å². The second-order valence-electron chi connectivity index (χ2n) is 29.3. The number of aliphatic hydroxyl groups is 3. The number of hydrogen-bond acceptors (Lipinski definition) is 13. The van der Waals surface area contributed by atoms with Crippen molar-refractivity contribution in [2.45, 2.75) is 482 Å². The molecule has 0 heterocycles. The summed E-state index contributed by atoms with van der Waals surface area (Å²) in [6, 6.07) is 0. The van der Waals surface area contributed by atoms with Crippen LogP contribution in [0, 0.1) is 0 Å². The van der Waals surface area contributed by atoms with Gasteiger partial charge in [0.05, 0.1) is 49.3 Å². The smallest absolute Gasteiger partial charge is 0.306 e. The molecular formula is C80H154O13. The van der Waals surface area contributed by atoms with Crippen LogP contribution in [0.5, 0.6) is 0 Å². The van der Waals surface area contributed by atoms with Gasteiger partial charge in [0.1, 0.15) is 18.3 Å². The molecule has 0 aromatic rings. The second-order valence-corrected chi connectivity index (χ2v) is 29.3. The molecular weight excluding hydrogens is 1170 g/mol. The lowest BCUT2D eigenvalue weighted by atomic mass is 9.98. The van der Waals surface area contributed by atoms with Crippen LogP contribution in [-0.4, -0.2) is 107 Å². The SMILES string of the molecule is CCCCCCCCC(O)C(O)CCCCCCCC(=O)OC(CCCCCCCC)C(CCCCCCCC(=O)OC(CCCCCCCC)C(CCCCCCCC(=O)OC)OC(C)C)OC(=O)CCCCCCCC(OC(C)(C)C)C(O)CCCCCCCC. The summed E-state index contributed by atoms with van der Waals surface area (Å²) in [5.74, 6) is -0.785. The standard InChI is InChI=1S/C80H154O13/c1-11-15-19-23-31-43-55-68(81)69(82)56-44-33-27-40-52-65-78(86)91-74(61-49-35-26-22-18-14-4)75(92-79(87)66-53-41-28-36-46-58-71(93-80(7,8)9)70(83)57-45-32-24-20-16-12-2)62-50-38-30-42-54-64-77(85)90-73(60-48-34-25-21-17-13-3)72(89-67(5)6)59-47-37-29-39-51-63-76(84)88-10/h67-75,81-83H,11-66H2,1-10H3. The molecule has 8 atom stereocenters. The first-order valence-corrected chi connectivity index (χ1v) is 39.9. The fourth-order valence-corrected chi connectivity index (χ4v) is 12.9. The largest absolute Gasteiger partial charge is 0.469 e. The number of ether oxygens (including phenoxy) is 6. The van der Waals surface area contributed by atoms with E-state index in [1.54, 1.807) is 0 Å². The summed E-state index contributed by atoms with van der Waals surface area (Å²) in [7, 11) is 1.44. The average molecular weight is 1320 g/mol. The number of unbranched alkanes of at least 4 members (excludes halogenated alkanes) is 36. The molecule has 0 saturated heterocycles. The van der Waals surface area contributed by atoms with Crippen LogP contribution in [-0.2, 0) is 47.6 Å². The Morgan fingerprint density at radius 1 is 0.290 bits per heavy atom. The highest BCUT2D eigenvalue weighted by Crippen LogP contribution is 2.27. The number of carbonyl (C=O) groups excluding carboxylic acids is 4. The van der Waals surface area contributed by atoms with Crippen LogP contribution in [0.3, 0.4) is 0 Å². The third-order valence-corrected chi connectivity index (χ3v) is 18.6. The first kappa shape index (κ1) is 90.7. The van der Waals surface area contributed by atoms with E-state index in [0.29, 0.717) is 57.8 Å². The molecule has 0 radical (unpaired) electrons. The Hall–Kier alpha value is -2.32. The number of methoxy groups -OCH3 is 1. The zero-order chi connectivity index (χ0) is 68.8. The Kier molecular flexibility index (Phi) is 62.8. The number of hydrogen-bond donors (Lipinski definition) is 3. The van der Waals surface area contributed by atoms with Gasteiger partial charge in [-0.15, -0.1) is 0 Å². The monoisotopic (exact) mass is 1320 g/mol. The summed E-state index contributed by atoms with van der Waals surface area (Å²) in [6.07, 6.45) is 49.5. The molecule has 8 unspecified atom stereocenters. The molecule has 0 bridgehead atoms. The lowest BCUT2D eigenvalue weighted by Gasteiger charge is -2.31. The molecule has 0 aliphatic heterocycles. The minimum absolute atomic E-state index is 0.0158. The predicted octanol–water partition coefficient (Wildman–Crippen LogP) is 21.9. The Morgan fingerprint density at radius 3 is 0.796 bits per heavy atom. The maximum Gasteiger partial charge on any atom is 0.306 e. The first-order chi connectivity index (χ1) is 44.9. The molecule has 0 rings (SSSR count). The van der Waals surface area contributed by atoms with E-state index in [0.717, 1.165) is 205 Å². The molecule has 13 heteroatoms. The summed E-state index contributed by atoms with van der Waals surface area (Å²) in [6.45, 7) is 19.2. The summed E-state index contributed by atoms with van der Waals surface area (Å²) in [5, 5.41) is 32.3. The molecule has 0 aliphatic rings. The van der Waals surface area contributed by atoms with Crippen LogP contribution in [0.4, 0.5) is 0 Å². The molecule has 0 aromatic heterocycles. The van der Waals surface area contributed by atoms with Gasteiger partial charge in [-0.2, -0.15) is 0 Å². The Bertz CT molecular complexity index is 1670. The van der Waals surface area contributed by atoms with Crippen LogP contribution in [0.25, 0.3) is 0 Å². The van der Waals surface area contributed by atoms with Crippen molar-refractivity contribution in [1.82, 2.24) is 0 Å². The van der Waals surface area contributed by atoms with E-state index in [-0.39, 0.29) is 53.9 Å². The summed E-state index contributed by atoms with van der Waals surface area (Å²) < 4.78 is 36.8. The van der Waals surface area contributed by atoms with Gasteiger partial charge in [-0.25, -0.2) is 0 Å². The molecule has 0 amide bonds. The van der Waals surface area contributed by atoms with Crippen molar-refractivity contribution in [1.29, 1.82) is 0 Å². The number of esters is 4. The quantitative estimate of drug-likeness (QED) is 0.0297. The zero-order valence-corrected chi connectivity index (χ0v) is 62.7. The van der Waals surface area contributed by atoms with Crippen molar-refractivity contribution in [2.75, 3.05) is 7.11 Å². The van der Waals surface area contributed by atoms with Crippen LogP contribution < -0.4 is 0 Å². The van der Waals surface area contributed by atoms with E-state index in [1.165, 1.54) is 103 Å². The minimum Gasteiger partial charge on any atom is -0.469 e. The van der Waals surface area contributed by atoms with Gasteiger partial charge < -0.3 is 43.7 Å². The summed E-state index contributed by atoms with van der Waals surface area (Å²) in [4.78, 5) is 52.8. The second kappa shape index (κ2) is 64.4. The van der Waals surface area contributed by atoms with Crippen molar-refractivity contribution in [3.05, 3.63) is 0 Å². The van der Waals surface area contributed by atoms with E-state index in [9.17, 15) is 34.5 Å². The minimum atomic E-state index is -0.687. The van der Waals surface area contributed by atoms with E-state index in [2.05, 4.69) is 62.3 Å². The van der Waals surface area contributed by atoms with Gasteiger partial charge in [-0.05, 0) is 131 Å². The number of aliphatic hydroxyl groups excluding tert-OH is 3. The van der Waals surface area contributed by atoms with Crippen LogP contribution in [0.15, 0.2) is 0 Å². The molecule has 0 saturated carbocycles. The molecule has 93 heavy (non-hydrogen) atoms. The van der Waals surface area contributed by atoms with Crippen molar-refractivity contribution in [3.63, 3.8) is 0 Å². The number of carbonyl (C=O) groups is 4. The van der Waals surface area contributed by atoms with Gasteiger partial charge in [0.15, 0.2) is 0 Å². The van der Waals surface area contributed by atoms with Gasteiger partial charge in [0, 0.05) is 25.7 Å². The molecule has 0 aliphatic carbocycles. The van der Waals surface area contributed by atoms with Crippen LogP contribution in [0.2, 0.25) is 0 Å². The van der Waals surface area contributed by atoms with Gasteiger partial charge in [0.25, 0.3) is 0 Å². The zero-order valence-electron chi connectivity index (χ0n) is 62.7. The molecule has 0 aromatic carbocycles. The first-order valence-electron chi connectivity index (χ1n) is 39.9. The average Bonchev–Trinajstić information content (AvgIpc) is 2.26. The van der Waals surface area contributed by atoms with Gasteiger partial charge >= 0.3 is 23.9 Å². The van der Waals surface area contributed by atoms with Crippen LogP contribution >= 0.6 is 0 Å². The van der Waals surface area contributed by atoms with Gasteiger partial charge in [-0.1, -0.05) is 265 Å². The maximum atomic E-state index is 13.9. The van der Waals surface area contributed by atoms with Crippen molar-refractivity contribution >= 4 is 23.9 Å². The van der Waals surface area contributed by atoms with Crippen molar-refractivity contribution in [2.24, 2.45) is 0 Å². The van der Waals surface area contributed by atoms with E-state index < -0.39 is 30.5 Å². The lowest BCUT2D eigenvalue weighted by molar-refractivity contribution is -0.169. The molecule has 13 nitrogen and oxygen atoms in total. The highest BCUT2D eigenvalue weighted by atomic mass is 16.6. The summed E-state index contributed by atoms with van der Waals surface area (Å²) >= 11 is 0. The van der Waals surface area contributed by atoms with E-state index in [4.69, 9.17) is 28.4 Å². The fourth-order valence-electron chi connectivity index (χ4n) is 12.9. The van der Waals surface area contributed by atoms with Crippen molar-refractivity contribution in [3.8, 4) is 0 Å². The summed E-state index contributed by atoms with van der Waals surface area (Å²) in [5.41, 5.74) is -0.330. The highest BCUT2D eigenvalue weighted by Gasteiger charge is 2.30. The number of rotatable bonds is 70. The normalized spacial score (nSPS) is 14.6. The Labute approximate surface area is 573 Å². The Morgan fingerprint density at radius 2 is 0.516 bits per heavy atom. The topological polar surface area (TPSA) is 184 Å².